The van der Waals surface area contributed by atoms with E-state index >= 15 is 0 Å². The third-order valence-electron chi connectivity index (χ3n) is 1.26. The molecule has 2 heteroatoms. The van der Waals surface area contributed by atoms with Gasteiger partial charge >= 0.3 is 0 Å². The minimum Gasteiger partial charge on any atom is -0.210 e. The molecular formula is C4H8N2. The van der Waals surface area contributed by atoms with E-state index in [1.807, 2.05) is 0 Å². The highest BCUT2D eigenvalue weighted by Crippen LogP contribution is 2.20. The van der Waals surface area contributed by atoms with Crippen molar-refractivity contribution in [2.24, 2.45) is 5.11 Å². The van der Waals surface area contributed by atoms with Crippen LogP contribution >= 0.6 is 0 Å². The molecular weight excluding hydrogens is 76.1 g/mol. The van der Waals surface area contributed by atoms with Crippen molar-refractivity contribution in [3.8, 4) is 0 Å². The van der Waals surface area contributed by atoms with Crippen molar-refractivity contribution in [3.63, 3.8) is 0 Å². The molecule has 0 bridgehead atoms. The van der Waals surface area contributed by atoms with E-state index < -0.39 is 0 Å². The van der Waals surface area contributed by atoms with Crippen molar-refractivity contribution >= 4 is 0 Å². The Hall–Kier alpha value is -0.400. The lowest BCUT2D eigenvalue weighted by Gasteiger charge is -2.17. The molecule has 1 N–H and O–H groups in total. The predicted molar refractivity (Wildman–Crippen MR) is 22.8 cm³/mol. The maximum Gasteiger partial charge on any atom is 0.0705 e. The Kier molecular flexibility index (Phi) is 0.862. The normalized spacial score (nSPS) is 22.7. The number of rotatable bonds is 1. The number of nitrogens with zero attached hydrogens (tertiary/aromatic N) is 1. The first-order valence-corrected chi connectivity index (χ1v) is 2.30. The standard InChI is InChI=1S/C4H8N2/c5-6-4-2-1-3-4/h4-5H,1-3H2. The molecule has 0 radical (unpaired) electrons. The summed E-state index contributed by atoms with van der Waals surface area (Å²) in [7, 11) is 0. The van der Waals surface area contributed by atoms with E-state index in [1.54, 1.807) is 0 Å². The zero-order valence-electron chi connectivity index (χ0n) is 3.65. The summed E-state index contributed by atoms with van der Waals surface area (Å²) in [6.45, 7) is 0. The third kappa shape index (κ3) is 0.421. The van der Waals surface area contributed by atoms with Gasteiger partial charge in [-0.25, -0.2) is 5.53 Å². The van der Waals surface area contributed by atoms with Gasteiger partial charge in [0.1, 0.15) is 0 Å². The second-order valence-electron chi connectivity index (χ2n) is 1.71. The molecule has 2 nitrogen and oxygen atoms in total. The zero-order valence-corrected chi connectivity index (χ0v) is 3.65. The van der Waals surface area contributed by atoms with Crippen molar-refractivity contribution in [2.45, 2.75) is 25.3 Å². The fraction of sp³-hybridized carbons (Fsp3) is 1.00. The molecule has 0 atom stereocenters. The summed E-state index contributed by atoms with van der Waals surface area (Å²) in [6.07, 6.45) is 3.60. The zero-order chi connectivity index (χ0) is 4.41. The Morgan fingerprint density at radius 3 is 2.17 bits per heavy atom. The highest BCUT2D eigenvalue weighted by Gasteiger charge is 2.14. The Morgan fingerprint density at radius 2 is 2.17 bits per heavy atom. The maximum absolute atomic E-state index is 6.48. The van der Waals surface area contributed by atoms with Gasteiger partial charge in [0.15, 0.2) is 0 Å². The smallest absolute Gasteiger partial charge is 0.0705 e. The Morgan fingerprint density at radius 1 is 1.50 bits per heavy atom. The van der Waals surface area contributed by atoms with Crippen LogP contribution in [0.4, 0.5) is 0 Å². The first-order chi connectivity index (χ1) is 2.93. The average Bonchev–Trinajstić information content (AvgIpc) is 1.31. The molecule has 0 saturated heterocycles. The maximum atomic E-state index is 6.48. The summed E-state index contributed by atoms with van der Waals surface area (Å²) in [5, 5.41) is 3.34. The van der Waals surface area contributed by atoms with Crippen LogP contribution in [0.15, 0.2) is 5.11 Å². The first-order valence-electron chi connectivity index (χ1n) is 2.30. The fourth-order valence-corrected chi connectivity index (χ4v) is 0.516. The summed E-state index contributed by atoms with van der Waals surface area (Å²) >= 11 is 0. The molecule has 0 aromatic heterocycles. The number of nitrogens with one attached hydrogen (secondary N) is 1. The molecule has 1 saturated carbocycles. The van der Waals surface area contributed by atoms with Crippen LogP contribution in [0.5, 0.6) is 0 Å². The monoisotopic (exact) mass is 84.1 g/mol. The van der Waals surface area contributed by atoms with E-state index in [0.717, 1.165) is 12.8 Å². The van der Waals surface area contributed by atoms with Gasteiger partial charge in [0, 0.05) is 0 Å². The van der Waals surface area contributed by atoms with Gasteiger partial charge in [-0.1, -0.05) is 0 Å². The highest BCUT2D eigenvalue weighted by molar-refractivity contribution is 4.72. The van der Waals surface area contributed by atoms with Crippen LogP contribution in [0.1, 0.15) is 19.3 Å². The molecule has 0 aromatic carbocycles. The molecule has 1 aliphatic carbocycles. The predicted octanol–water partition coefficient (Wildman–Crippen LogP) is 1.57. The average molecular weight is 84.1 g/mol. The van der Waals surface area contributed by atoms with Crippen molar-refractivity contribution in [1.82, 2.24) is 0 Å². The molecule has 6 heavy (non-hydrogen) atoms. The van der Waals surface area contributed by atoms with E-state index in [4.69, 9.17) is 5.53 Å². The lowest BCUT2D eigenvalue weighted by atomic mass is 9.94. The summed E-state index contributed by atoms with van der Waals surface area (Å²) in [6, 6.07) is 0.407. The van der Waals surface area contributed by atoms with Crippen molar-refractivity contribution in [3.05, 3.63) is 0 Å². The second-order valence-corrected chi connectivity index (χ2v) is 1.71. The van der Waals surface area contributed by atoms with Gasteiger partial charge in [-0.15, -0.1) is 0 Å². The van der Waals surface area contributed by atoms with Gasteiger partial charge in [0.25, 0.3) is 0 Å². The molecule has 0 spiro atoms. The van der Waals surface area contributed by atoms with Crippen LogP contribution in [0.3, 0.4) is 0 Å². The summed E-state index contributed by atoms with van der Waals surface area (Å²) < 4.78 is 0. The lowest BCUT2D eigenvalue weighted by Crippen LogP contribution is -2.12. The Balaban J connectivity index is 2.16. The van der Waals surface area contributed by atoms with Crippen molar-refractivity contribution in [1.29, 1.82) is 5.53 Å². The number of hydrogen-bond acceptors (Lipinski definition) is 2. The van der Waals surface area contributed by atoms with Crippen LogP contribution in [0, 0.1) is 5.53 Å². The Labute approximate surface area is 37.1 Å². The van der Waals surface area contributed by atoms with Gasteiger partial charge in [0.2, 0.25) is 0 Å². The summed E-state index contributed by atoms with van der Waals surface area (Å²) in [5.74, 6) is 0. The highest BCUT2D eigenvalue weighted by atomic mass is 15.0. The second kappa shape index (κ2) is 1.37. The molecule has 0 unspecified atom stereocenters. The summed E-state index contributed by atoms with van der Waals surface area (Å²) in [5.41, 5.74) is 6.48. The topological polar surface area (TPSA) is 36.2 Å². The van der Waals surface area contributed by atoms with Crippen molar-refractivity contribution in [2.75, 3.05) is 0 Å². The lowest BCUT2D eigenvalue weighted by molar-refractivity contribution is 0.399. The molecule has 0 aromatic rings. The minimum atomic E-state index is 0.407. The molecule has 0 heterocycles. The van der Waals surface area contributed by atoms with Crippen LogP contribution < -0.4 is 0 Å². The minimum absolute atomic E-state index is 0.407. The molecule has 0 aliphatic heterocycles. The van der Waals surface area contributed by atoms with Gasteiger partial charge < -0.3 is 0 Å². The van der Waals surface area contributed by atoms with Crippen LogP contribution in [-0.4, -0.2) is 6.04 Å². The first kappa shape index (κ1) is 3.78. The quantitative estimate of drug-likeness (QED) is 0.468. The third-order valence-corrected chi connectivity index (χ3v) is 1.26. The summed E-state index contributed by atoms with van der Waals surface area (Å²) in [4.78, 5) is 0. The van der Waals surface area contributed by atoms with Gasteiger partial charge in [-0.2, -0.15) is 5.11 Å². The van der Waals surface area contributed by atoms with Crippen LogP contribution in [0.25, 0.3) is 0 Å². The van der Waals surface area contributed by atoms with Gasteiger partial charge in [0.05, 0.1) is 6.04 Å². The largest absolute Gasteiger partial charge is 0.210 e. The van der Waals surface area contributed by atoms with Crippen LogP contribution in [0.2, 0.25) is 0 Å². The molecule has 34 valence electrons. The molecule has 1 aliphatic rings. The van der Waals surface area contributed by atoms with Crippen molar-refractivity contribution < 1.29 is 0 Å². The van der Waals surface area contributed by atoms with E-state index in [1.165, 1.54) is 6.42 Å². The van der Waals surface area contributed by atoms with E-state index in [-0.39, 0.29) is 0 Å². The van der Waals surface area contributed by atoms with Gasteiger partial charge in [-0.3, -0.25) is 0 Å². The van der Waals surface area contributed by atoms with E-state index in [0.29, 0.717) is 6.04 Å². The SMILES string of the molecule is N=NC1CCC1. The molecule has 1 fully saturated rings. The van der Waals surface area contributed by atoms with Gasteiger partial charge in [-0.05, 0) is 19.3 Å². The van der Waals surface area contributed by atoms with E-state index in [9.17, 15) is 0 Å². The molecule has 0 amide bonds. The molecule has 1 rings (SSSR count). The van der Waals surface area contributed by atoms with E-state index in [2.05, 4.69) is 5.11 Å². The Bertz CT molecular complexity index is 56.6. The fourth-order valence-electron chi connectivity index (χ4n) is 0.516. The van der Waals surface area contributed by atoms with Crippen LogP contribution in [-0.2, 0) is 0 Å². The number of hydrogen-bond donors (Lipinski definition) is 1.